The SMILES string of the molecule is CC(O)c1ccnc(N(CC(N)=O)C2CCCC2)c1. The van der Waals surface area contributed by atoms with E-state index in [1.54, 1.807) is 19.2 Å². The van der Waals surface area contributed by atoms with Crippen molar-refractivity contribution in [1.82, 2.24) is 4.98 Å². The van der Waals surface area contributed by atoms with Crippen LogP contribution in [0.3, 0.4) is 0 Å². The van der Waals surface area contributed by atoms with Crippen LogP contribution >= 0.6 is 0 Å². The molecule has 5 heteroatoms. The topological polar surface area (TPSA) is 79.5 Å². The molecule has 1 aromatic rings. The highest BCUT2D eigenvalue weighted by atomic mass is 16.3. The average Bonchev–Trinajstić information content (AvgIpc) is 2.89. The molecule has 5 nitrogen and oxygen atoms in total. The van der Waals surface area contributed by atoms with Gasteiger partial charge in [-0.25, -0.2) is 4.98 Å². The number of aromatic nitrogens is 1. The molecule has 1 saturated carbocycles. The number of hydrogen-bond acceptors (Lipinski definition) is 4. The summed E-state index contributed by atoms with van der Waals surface area (Å²) in [5, 5.41) is 9.64. The van der Waals surface area contributed by atoms with Gasteiger partial charge in [0, 0.05) is 12.2 Å². The zero-order valence-corrected chi connectivity index (χ0v) is 11.2. The lowest BCUT2D eigenvalue weighted by Crippen LogP contribution is -2.40. The highest BCUT2D eigenvalue weighted by Gasteiger charge is 2.25. The van der Waals surface area contributed by atoms with Crippen molar-refractivity contribution in [3.05, 3.63) is 23.9 Å². The van der Waals surface area contributed by atoms with Gasteiger partial charge in [0.05, 0.1) is 12.6 Å². The highest BCUT2D eigenvalue weighted by Crippen LogP contribution is 2.28. The summed E-state index contributed by atoms with van der Waals surface area (Å²) in [6, 6.07) is 3.95. The molecular weight excluding hydrogens is 242 g/mol. The van der Waals surface area contributed by atoms with Gasteiger partial charge in [-0.2, -0.15) is 0 Å². The van der Waals surface area contributed by atoms with Gasteiger partial charge in [0.2, 0.25) is 5.91 Å². The fraction of sp³-hybridized carbons (Fsp3) is 0.571. The van der Waals surface area contributed by atoms with Gasteiger partial charge >= 0.3 is 0 Å². The molecule has 0 aliphatic heterocycles. The van der Waals surface area contributed by atoms with Gasteiger partial charge in [0.1, 0.15) is 5.82 Å². The Balaban J connectivity index is 2.25. The summed E-state index contributed by atoms with van der Waals surface area (Å²) in [4.78, 5) is 17.6. The van der Waals surface area contributed by atoms with Crippen molar-refractivity contribution in [3.63, 3.8) is 0 Å². The Labute approximate surface area is 113 Å². The summed E-state index contributed by atoms with van der Waals surface area (Å²) in [6.07, 6.45) is 5.61. The van der Waals surface area contributed by atoms with E-state index in [9.17, 15) is 9.90 Å². The maximum absolute atomic E-state index is 11.3. The predicted molar refractivity (Wildman–Crippen MR) is 73.7 cm³/mol. The number of anilines is 1. The Morgan fingerprint density at radius 2 is 2.26 bits per heavy atom. The van der Waals surface area contributed by atoms with Crippen LogP contribution < -0.4 is 10.6 Å². The lowest BCUT2D eigenvalue weighted by molar-refractivity contribution is -0.116. The third-order valence-electron chi connectivity index (χ3n) is 3.64. The van der Waals surface area contributed by atoms with Crippen molar-refractivity contribution in [1.29, 1.82) is 0 Å². The number of rotatable bonds is 5. The van der Waals surface area contributed by atoms with E-state index in [2.05, 4.69) is 4.98 Å². The van der Waals surface area contributed by atoms with Gasteiger partial charge in [-0.15, -0.1) is 0 Å². The molecule has 0 bridgehead atoms. The maximum atomic E-state index is 11.3. The molecule has 19 heavy (non-hydrogen) atoms. The van der Waals surface area contributed by atoms with Crippen LogP contribution in [0.25, 0.3) is 0 Å². The lowest BCUT2D eigenvalue weighted by atomic mass is 10.1. The number of carbonyl (C=O) groups excluding carboxylic acids is 1. The number of aliphatic hydroxyl groups excluding tert-OH is 1. The lowest BCUT2D eigenvalue weighted by Gasteiger charge is -2.29. The molecule has 1 unspecified atom stereocenters. The Hall–Kier alpha value is -1.62. The summed E-state index contributed by atoms with van der Waals surface area (Å²) >= 11 is 0. The Bertz CT molecular complexity index is 442. The second-order valence-corrected chi connectivity index (χ2v) is 5.16. The number of nitrogens with zero attached hydrogens (tertiary/aromatic N) is 2. The van der Waals surface area contributed by atoms with Gasteiger partial charge in [-0.1, -0.05) is 12.8 Å². The van der Waals surface area contributed by atoms with E-state index in [4.69, 9.17) is 5.73 Å². The minimum atomic E-state index is -0.541. The first-order valence-corrected chi connectivity index (χ1v) is 6.77. The molecule has 1 aliphatic carbocycles. The minimum Gasteiger partial charge on any atom is -0.389 e. The van der Waals surface area contributed by atoms with E-state index in [0.29, 0.717) is 6.04 Å². The molecule has 1 amide bonds. The largest absolute Gasteiger partial charge is 0.389 e. The van der Waals surface area contributed by atoms with E-state index < -0.39 is 6.10 Å². The van der Waals surface area contributed by atoms with E-state index in [-0.39, 0.29) is 12.5 Å². The normalized spacial score (nSPS) is 17.4. The highest BCUT2D eigenvalue weighted by molar-refractivity contribution is 5.79. The number of primary amides is 1. The molecule has 0 aromatic carbocycles. The average molecular weight is 263 g/mol. The first kappa shape index (κ1) is 13.8. The third-order valence-corrected chi connectivity index (χ3v) is 3.64. The molecule has 0 saturated heterocycles. The van der Waals surface area contributed by atoms with Gasteiger partial charge in [-0.3, -0.25) is 4.79 Å². The van der Waals surface area contributed by atoms with E-state index in [1.165, 1.54) is 12.8 Å². The fourth-order valence-electron chi connectivity index (χ4n) is 2.63. The molecular formula is C14H21N3O2. The van der Waals surface area contributed by atoms with Crippen molar-refractivity contribution in [2.24, 2.45) is 5.73 Å². The number of amides is 1. The van der Waals surface area contributed by atoms with Crippen LogP contribution in [0.5, 0.6) is 0 Å². The van der Waals surface area contributed by atoms with E-state index >= 15 is 0 Å². The first-order valence-electron chi connectivity index (χ1n) is 6.77. The number of aliphatic hydroxyl groups is 1. The van der Waals surface area contributed by atoms with E-state index in [0.717, 1.165) is 24.2 Å². The van der Waals surface area contributed by atoms with E-state index in [1.807, 2.05) is 11.0 Å². The fourth-order valence-corrected chi connectivity index (χ4v) is 2.63. The summed E-state index contributed by atoms with van der Waals surface area (Å²) in [5.74, 6) is 0.375. The Kier molecular flexibility index (Phi) is 4.37. The molecule has 1 heterocycles. The molecule has 1 aliphatic rings. The van der Waals surface area contributed by atoms with Gasteiger partial charge < -0.3 is 15.7 Å². The smallest absolute Gasteiger partial charge is 0.237 e. The molecule has 104 valence electrons. The van der Waals surface area contributed by atoms with Crippen molar-refractivity contribution in [2.75, 3.05) is 11.4 Å². The van der Waals surface area contributed by atoms with Crippen LogP contribution in [0.2, 0.25) is 0 Å². The quantitative estimate of drug-likeness (QED) is 0.841. The zero-order valence-electron chi connectivity index (χ0n) is 11.2. The zero-order chi connectivity index (χ0) is 13.8. The van der Waals surface area contributed by atoms with Crippen molar-refractivity contribution in [2.45, 2.75) is 44.8 Å². The summed E-state index contributed by atoms with van der Waals surface area (Å²) < 4.78 is 0. The Morgan fingerprint density at radius 1 is 1.58 bits per heavy atom. The molecule has 0 radical (unpaired) electrons. The maximum Gasteiger partial charge on any atom is 0.237 e. The van der Waals surface area contributed by atoms with Crippen LogP contribution in [0.15, 0.2) is 18.3 Å². The monoisotopic (exact) mass is 263 g/mol. The molecule has 3 N–H and O–H groups in total. The molecule has 2 rings (SSSR count). The number of pyridine rings is 1. The number of nitrogens with two attached hydrogens (primary N) is 1. The second kappa shape index (κ2) is 6.02. The minimum absolute atomic E-state index is 0.181. The van der Waals surface area contributed by atoms with Gasteiger partial charge in [-0.05, 0) is 37.5 Å². The third kappa shape index (κ3) is 3.44. The second-order valence-electron chi connectivity index (χ2n) is 5.16. The van der Waals surface area contributed by atoms with Crippen molar-refractivity contribution >= 4 is 11.7 Å². The van der Waals surface area contributed by atoms with Crippen molar-refractivity contribution in [3.8, 4) is 0 Å². The summed E-state index contributed by atoms with van der Waals surface area (Å²) in [6.45, 7) is 1.90. The molecule has 1 fully saturated rings. The summed E-state index contributed by atoms with van der Waals surface area (Å²) in [7, 11) is 0. The predicted octanol–water partition coefficient (Wildman–Crippen LogP) is 1.37. The molecule has 0 spiro atoms. The van der Waals surface area contributed by atoms with Crippen LogP contribution in [-0.4, -0.2) is 28.6 Å². The van der Waals surface area contributed by atoms with Crippen LogP contribution in [0, 0.1) is 0 Å². The van der Waals surface area contributed by atoms with Crippen LogP contribution in [0.1, 0.15) is 44.3 Å². The van der Waals surface area contributed by atoms with Gasteiger partial charge in [0.15, 0.2) is 0 Å². The van der Waals surface area contributed by atoms with Crippen LogP contribution in [0.4, 0.5) is 5.82 Å². The van der Waals surface area contributed by atoms with Gasteiger partial charge in [0.25, 0.3) is 0 Å². The first-order chi connectivity index (χ1) is 9.08. The number of carbonyl (C=O) groups is 1. The Morgan fingerprint density at radius 3 is 2.84 bits per heavy atom. The number of hydrogen-bond donors (Lipinski definition) is 2. The van der Waals surface area contributed by atoms with Crippen molar-refractivity contribution < 1.29 is 9.90 Å². The standard InChI is InChI=1S/C14H21N3O2/c1-10(18)11-6-7-16-14(8-11)17(9-13(15)19)12-4-2-3-5-12/h6-8,10,12,18H,2-5,9H2,1H3,(H2,15,19). The van der Waals surface area contributed by atoms with Crippen LogP contribution in [-0.2, 0) is 4.79 Å². The molecule has 1 atom stereocenters. The molecule has 1 aromatic heterocycles. The summed E-state index contributed by atoms with van der Waals surface area (Å²) in [5.41, 5.74) is 6.14.